The van der Waals surface area contributed by atoms with Gasteiger partial charge in [0, 0.05) is 10.0 Å². The van der Waals surface area contributed by atoms with Crippen LogP contribution in [0.5, 0.6) is 5.75 Å². The SMILES string of the molecule is Cc1ccc(Cl)cc1N(CC(=O)N/N=C\c1ccc(OCc2ccc(Cl)cc2)cc1)S(C)(=O)=O. The van der Waals surface area contributed by atoms with E-state index in [0.717, 1.165) is 21.7 Å². The van der Waals surface area contributed by atoms with Gasteiger partial charge in [0.05, 0.1) is 18.2 Å². The monoisotopic (exact) mass is 519 g/mol. The number of amides is 1. The van der Waals surface area contributed by atoms with Crippen LogP contribution in [0.1, 0.15) is 16.7 Å². The number of anilines is 1. The highest BCUT2D eigenvalue weighted by Crippen LogP contribution is 2.26. The lowest BCUT2D eigenvalue weighted by Crippen LogP contribution is -2.39. The van der Waals surface area contributed by atoms with Crippen LogP contribution < -0.4 is 14.5 Å². The summed E-state index contributed by atoms with van der Waals surface area (Å²) in [5.74, 6) is 0.0841. The molecule has 3 aromatic carbocycles. The number of benzene rings is 3. The minimum atomic E-state index is -3.72. The molecule has 0 unspecified atom stereocenters. The Morgan fingerprint density at radius 1 is 1.03 bits per heavy atom. The summed E-state index contributed by atoms with van der Waals surface area (Å²) in [7, 11) is -3.72. The molecule has 1 N–H and O–H groups in total. The van der Waals surface area contributed by atoms with Crippen molar-refractivity contribution in [1.82, 2.24) is 5.43 Å². The van der Waals surface area contributed by atoms with Gasteiger partial charge >= 0.3 is 0 Å². The van der Waals surface area contributed by atoms with Gasteiger partial charge in [-0.15, -0.1) is 0 Å². The first-order valence-electron chi connectivity index (χ1n) is 10.1. The highest BCUT2D eigenvalue weighted by atomic mass is 35.5. The van der Waals surface area contributed by atoms with Crippen LogP contribution in [0.25, 0.3) is 0 Å². The van der Waals surface area contributed by atoms with E-state index in [1.54, 1.807) is 55.5 Å². The van der Waals surface area contributed by atoms with E-state index >= 15 is 0 Å². The minimum Gasteiger partial charge on any atom is -0.489 e. The van der Waals surface area contributed by atoms with Crippen molar-refractivity contribution >= 4 is 51.0 Å². The number of carbonyl (C=O) groups excluding carboxylic acids is 1. The number of rotatable bonds is 9. The van der Waals surface area contributed by atoms with Crippen LogP contribution in [-0.2, 0) is 21.4 Å². The third-order valence-electron chi connectivity index (χ3n) is 4.73. The molecule has 0 bridgehead atoms. The van der Waals surface area contributed by atoms with Gasteiger partial charge in [-0.2, -0.15) is 5.10 Å². The number of carbonyl (C=O) groups is 1. The Morgan fingerprint density at radius 3 is 2.32 bits per heavy atom. The Labute approximate surface area is 209 Å². The molecule has 0 aliphatic rings. The summed E-state index contributed by atoms with van der Waals surface area (Å²) in [5.41, 5.74) is 5.08. The molecule has 0 saturated heterocycles. The largest absolute Gasteiger partial charge is 0.489 e. The van der Waals surface area contributed by atoms with Gasteiger partial charge in [-0.05, 0) is 72.1 Å². The molecule has 0 aromatic heterocycles. The molecule has 7 nitrogen and oxygen atoms in total. The van der Waals surface area contributed by atoms with Crippen molar-refractivity contribution in [3.8, 4) is 5.75 Å². The summed E-state index contributed by atoms with van der Waals surface area (Å²) in [5, 5.41) is 4.95. The van der Waals surface area contributed by atoms with Gasteiger partial charge in [0.1, 0.15) is 18.9 Å². The Bertz CT molecular complexity index is 1280. The highest BCUT2D eigenvalue weighted by Gasteiger charge is 2.22. The molecular formula is C24H23Cl2N3O4S. The molecule has 10 heteroatoms. The molecule has 1 amide bonds. The maximum absolute atomic E-state index is 12.4. The van der Waals surface area contributed by atoms with E-state index < -0.39 is 22.5 Å². The van der Waals surface area contributed by atoms with Crippen LogP contribution in [-0.4, -0.2) is 33.3 Å². The lowest BCUT2D eigenvalue weighted by molar-refractivity contribution is -0.119. The average Bonchev–Trinajstić information content (AvgIpc) is 2.79. The number of aryl methyl sites for hydroxylation is 1. The molecule has 0 heterocycles. The second-order valence-electron chi connectivity index (χ2n) is 7.48. The van der Waals surface area contributed by atoms with Gasteiger partial charge < -0.3 is 4.74 Å². The first-order valence-corrected chi connectivity index (χ1v) is 12.8. The van der Waals surface area contributed by atoms with Crippen molar-refractivity contribution < 1.29 is 17.9 Å². The van der Waals surface area contributed by atoms with Crippen molar-refractivity contribution in [2.24, 2.45) is 5.10 Å². The molecule has 0 aliphatic carbocycles. The topological polar surface area (TPSA) is 88.1 Å². The van der Waals surface area contributed by atoms with Crippen LogP contribution in [0.15, 0.2) is 71.8 Å². The van der Waals surface area contributed by atoms with Crippen LogP contribution >= 0.6 is 23.2 Å². The minimum absolute atomic E-state index is 0.336. The fraction of sp³-hybridized carbons (Fsp3) is 0.167. The summed E-state index contributed by atoms with van der Waals surface area (Å²) in [4.78, 5) is 12.4. The molecule has 0 saturated carbocycles. The highest BCUT2D eigenvalue weighted by molar-refractivity contribution is 7.92. The summed E-state index contributed by atoms with van der Waals surface area (Å²) in [6, 6.07) is 19.4. The van der Waals surface area contributed by atoms with Crippen LogP contribution in [0.2, 0.25) is 10.0 Å². The number of halogens is 2. The normalized spacial score (nSPS) is 11.4. The molecule has 34 heavy (non-hydrogen) atoms. The first kappa shape index (κ1) is 25.6. The van der Waals surface area contributed by atoms with Gasteiger partial charge in [-0.25, -0.2) is 13.8 Å². The van der Waals surface area contributed by atoms with E-state index in [1.807, 2.05) is 12.1 Å². The van der Waals surface area contributed by atoms with E-state index in [-0.39, 0.29) is 0 Å². The average molecular weight is 520 g/mol. The van der Waals surface area contributed by atoms with E-state index in [9.17, 15) is 13.2 Å². The number of nitrogens with one attached hydrogen (secondary N) is 1. The predicted octanol–water partition coefficient (Wildman–Crippen LogP) is 4.80. The molecule has 3 rings (SSSR count). The second-order valence-corrected chi connectivity index (χ2v) is 10.3. The third-order valence-corrected chi connectivity index (χ3v) is 6.34. The lowest BCUT2D eigenvalue weighted by atomic mass is 10.2. The fourth-order valence-corrected chi connectivity index (χ4v) is 4.17. The molecule has 0 spiro atoms. The van der Waals surface area contributed by atoms with E-state index in [1.165, 1.54) is 12.3 Å². The van der Waals surface area contributed by atoms with Gasteiger partial charge in [0.2, 0.25) is 10.0 Å². The summed E-state index contributed by atoms with van der Waals surface area (Å²) in [6.45, 7) is 1.71. The summed E-state index contributed by atoms with van der Waals surface area (Å²) < 4.78 is 31.3. The fourth-order valence-electron chi connectivity index (χ4n) is 2.97. The van der Waals surface area contributed by atoms with Gasteiger partial charge in [0.15, 0.2) is 0 Å². The number of hydrogen-bond donors (Lipinski definition) is 1. The lowest BCUT2D eigenvalue weighted by Gasteiger charge is -2.23. The summed E-state index contributed by atoms with van der Waals surface area (Å²) >= 11 is 11.9. The van der Waals surface area contributed by atoms with E-state index in [2.05, 4.69) is 10.5 Å². The van der Waals surface area contributed by atoms with Crippen molar-refractivity contribution in [2.45, 2.75) is 13.5 Å². The first-order chi connectivity index (χ1) is 16.1. The van der Waals surface area contributed by atoms with Crippen molar-refractivity contribution in [3.63, 3.8) is 0 Å². The Hall–Kier alpha value is -3.07. The standard InChI is InChI=1S/C24H23Cl2N3O4S/c1-17-3-8-21(26)13-23(17)29(34(2,31)32)15-24(30)28-27-14-18-6-11-22(12-7-18)33-16-19-4-9-20(25)10-5-19/h3-14H,15-16H2,1-2H3,(H,28,30)/b27-14-. The Morgan fingerprint density at radius 2 is 1.68 bits per heavy atom. The Balaban J connectivity index is 1.57. The molecule has 0 aliphatic heterocycles. The maximum atomic E-state index is 12.4. The molecule has 0 radical (unpaired) electrons. The number of sulfonamides is 1. The number of ether oxygens (including phenoxy) is 1. The third kappa shape index (κ3) is 7.48. The van der Waals surface area contributed by atoms with Crippen LogP contribution in [0.4, 0.5) is 5.69 Å². The maximum Gasteiger partial charge on any atom is 0.260 e. The molecular weight excluding hydrogens is 497 g/mol. The van der Waals surface area contributed by atoms with Crippen LogP contribution in [0, 0.1) is 6.92 Å². The van der Waals surface area contributed by atoms with Crippen molar-refractivity contribution in [3.05, 3.63) is 93.5 Å². The predicted molar refractivity (Wildman–Crippen MR) is 136 cm³/mol. The molecule has 0 fully saturated rings. The number of nitrogens with zero attached hydrogens (tertiary/aromatic N) is 2. The van der Waals surface area contributed by atoms with Crippen molar-refractivity contribution in [2.75, 3.05) is 17.1 Å². The van der Waals surface area contributed by atoms with Crippen molar-refractivity contribution in [1.29, 1.82) is 0 Å². The number of hydrogen-bond acceptors (Lipinski definition) is 5. The smallest absolute Gasteiger partial charge is 0.260 e. The molecule has 178 valence electrons. The second kappa shape index (κ2) is 11.4. The zero-order chi connectivity index (χ0) is 24.7. The quantitative estimate of drug-likeness (QED) is 0.325. The zero-order valence-electron chi connectivity index (χ0n) is 18.5. The van der Waals surface area contributed by atoms with E-state index in [0.29, 0.717) is 33.7 Å². The molecule has 3 aromatic rings. The zero-order valence-corrected chi connectivity index (χ0v) is 20.9. The number of hydrazone groups is 1. The molecule has 0 atom stereocenters. The van der Waals surface area contributed by atoms with Gasteiger partial charge in [0.25, 0.3) is 5.91 Å². The van der Waals surface area contributed by atoms with E-state index in [4.69, 9.17) is 27.9 Å². The van der Waals surface area contributed by atoms with Gasteiger partial charge in [-0.1, -0.05) is 41.4 Å². The summed E-state index contributed by atoms with van der Waals surface area (Å²) in [6.07, 6.45) is 2.48. The van der Waals surface area contributed by atoms with Gasteiger partial charge in [-0.3, -0.25) is 9.10 Å². The van der Waals surface area contributed by atoms with Crippen LogP contribution in [0.3, 0.4) is 0 Å². The Kier molecular flexibility index (Phi) is 8.55.